The first-order valence-electron chi connectivity index (χ1n) is 14.1. The molecule has 0 radical (unpaired) electrons. The predicted octanol–water partition coefficient (Wildman–Crippen LogP) is 8.79. The van der Waals surface area contributed by atoms with Crippen molar-refractivity contribution >= 4 is 0 Å². The number of hydrogen-bond acceptors (Lipinski definition) is 1. The van der Waals surface area contributed by atoms with E-state index in [1.165, 1.54) is 58.3 Å². The van der Waals surface area contributed by atoms with Gasteiger partial charge >= 0.3 is 6.18 Å². The molecule has 4 saturated carbocycles. The highest BCUT2D eigenvalue weighted by Gasteiger charge is 2.60. The van der Waals surface area contributed by atoms with E-state index in [4.69, 9.17) is 0 Å². The molecule has 4 rings (SSSR count). The third-order valence-corrected chi connectivity index (χ3v) is 12.2. The second-order valence-corrected chi connectivity index (χ2v) is 13.5. The second-order valence-electron chi connectivity index (χ2n) is 13.5. The minimum Gasteiger partial charge on any atom is -0.390 e. The Labute approximate surface area is 200 Å². The fraction of sp³-hybridized carbons (Fsp3) is 1.00. The zero-order chi connectivity index (χ0) is 24.2. The zero-order valence-electron chi connectivity index (χ0n) is 21.8. The lowest BCUT2D eigenvalue weighted by molar-refractivity contribution is -0.172. The fourth-order valence-corrected chi connectivity index (χ4v) is 9.68. The van der Waals surface area contributed by atoms with Crippen LogP contribution in [0.4, 0.5) is 13.2 Å². The van der Waals surface area contributed by atoms with Gasteiger partial charge in [0.1, 0.15) is 0 Å². The SMILES string of the molecule is CCC1(O)CCC2CCC3C(CCC4(C)C3CCC4[C@H](C)CCC(C)C(F)(F)F)C2(C)CC1. The maximum absolute atomic E-state index is 13.1. The van der Waals surface area contributed by atoms with Crippen molar-refractivity contribution in [3.63, 3.8) is 0 Å². The molecule has 1 N–H and O–H groups in total. The molecule has 0 aromatic carbocycles. The van der Waals surface area contributed by atoms with E-state index in [0.29, 0.717) is 29.1 Å². The third kappa shape index (κ3) is 4.53. The van der Waals surface area contributed by atoms with E-state index in [1.807, 2.05) is 0 Å². The lowest BCUT2D eigenvalue weighted by Gasteiger charge is -2.59. The Morgan fingerprint density at radius 3 is 2.18 bits per heavy atom. The Balaban J connectivity index is 1.47. The number of hydrogen-bond donors (Lipinski definition) is 1. The molecule has 1 nitrogen and oxygen atoms in total. The summed E-state index contributed by atoms with van der Waals surface area (Å²) in [6, 6.07) is 0. The zero-order valence-corrected chi connectivity index (χ0v) is 21.8. The van der Waals surface area contributed by atoms with Gasteiger partial charge in [0.05, 0.1) is 11.5 Å². The van der Waals surface area contributed by atoms with E-state index in [-0.39, 0.29) is 6.42 Å². The van der Waals surface area contributed by atoms with E-state index >= 15 is 0 Å². The molecular weight excluding hydrogens is 421 g/mol. The molecular formula is C29H49F3O. The molecule has 33 heavy (non-hydrogen) atoms. The minimum absolute atomic E-state index is 0.272. The summed E-state index contributed by atoms with van der Waals surface area (Å²) in [6.07, 6.45) is 9.75. The molecule has 0 bridgehead atoms. The summed E-state index contributed by atoms with van der Waals surface area (Å²) in [7, 11) is 0. The minimum atomic E-state index is -4.06. The molecule has 0 heterocycles. The van der Waals surface area contributed by atoms with Gasteiger partial charge in [-0.25, -0.2) is 0 Å². The van der Waals surface area contributed by atoms with Crippen molar-refractivity contribution in [2.45, 2.75) is 130 Å². The first-order valence-corrected chi connectivity index (χ1v) is 14.1. The number of halogens is 3. The fourth-order valence-electron chi connectivity index (χ4n) is 9.68. The van der Waals surface area contributed by atoms with Gasteiger partial charge in [-0.2, -0.15) is 13.2 Å². The normalized spacial score (nSPS) is 47.7. The lowest BCUT2D eigenvalue weighted by Crippen LogP contribution is -2.52. The van der Waals surface area contributed by atoms with E-state index in [9.17, 15) is 18.3 Å². The average Bonchev–Trinajstić information content (AvgIpc) is 3.05. The van der Waals surface area contributed by atoms with Crippen LogP contribution >= 0.6 is 0 Å². The van der Waals surface area contributed by atoms with Gasteiger partial charge in [-0.15, -0.1) is 0 Å². The average molecular weight is 471 g/mol. The predicted molar refractivity (Wildman–Crippen MR) is 129 cm³/mol. The van der Waals surface area contributed by atoms with Crippen LogP contribution in [0.3, 0.4) is 0 Å². The maximum atomic E-state index is 13.1. The molecule has 0 amide bonds. The standard InChI is InChI=1S/C29H49F3O/c1-6-28(33)16-13-21-9-10-22-24-12-11-23(19(2)7-8-20(3)29(30,31)32)27(24,5)15-14-25(22)26(21,4)17-18-28/h19-25,33H,6-18H2,1-5H3/t19-,20?,21?,22?,23?,24?,25?,26?,27?,28?/m1/s1. The van der Waals surface area contributed by atoms with Gasteiger partial charge in [-0.1, -0.05) is 34.6 Å². The molecule has 9 unspecified atom stereocenters. The molecule has 0 aromatic heterocycles. The van der Waals surface area contributed by atoms with Gasteiger partial charge in [0.2, 0.25) is 0 Å². The largest absolute Gasteiger partial charge is 0.391 e. The van der Waals surface area contributed by atoms with Crippen molar-refractivity contribution < 1.29 is 18.3 Å². The maximum Gasteiger partial charge on any atom is 0.391 e. The summed E-state index contributed by atoms with van der Waals surface area (Å²) in [5, 5.41) is 11.1. The highest BCUT2D eigenvalue weighted by Crippen LogP contribution is 2.68. The number of fused-ring (bicyclic) bond motifs is 5. The molecule has 0 aromatic rings. The van der Waals surface area contributed by atoms with Crippen molar-refractivity contribution in [1.82, 2.24) is 0 Å². The van der Waals surface area contributed by atoms with Gasteiger partial charge in [-0.05, 0) is 130 Å². The molecule has 4 aliphatic carbocycles. The Bertz CT molecular complexity index is 691. The molecule has 0 spiro atoms. The van der Waals surface area contributed by atoms with E-state index in [0.717, 1.165) is 42.9 Å². The van der Waals surface area contributed by atoms with Crippen LogP contribution in [0, 0.1) is 52.3 Å². The van der Waals surface area contributed by atoms with Crippen molar-refractivity contribution in [2.24, 2.45) is 52.3 Å². The van der Waals surface area contributed by atoms with E-state index in [2.05, 4.69) is 27.7 Å². The molecule has 0 saturated heterocycles. The van der Waals surface area contributed by atoms with Crippen molar-refractivity contribution in [2.75, 3.05) is 0 Å². The molecule has 4 fully saturated rings. The van der Waals surface area contributed by atoms with Crippen LogP contribution in [0.15, 0.2) is 0 Å². The van der Waals surface area contributed by atoms with Gasteiger partial charge < -0.3 is 5.11 Å². The first-order chi connectivity index (χ1) is 15.3. The smallest absolute Gasteiger partial charge is 0.390 e. The van der Waals surface area contributed by atoms with Crippen LogP contribution in [0.2, 0.25) is 0 Å². The molecule has 10 atom stereocenters. The van der Waals surface area contributed by atoms with Crippen molar-refractivity contribution in [3.05, 3.63) is 0 Å². The summed E-state index contributed by atoms with van der Waals surface area (Å²) in [5.74, 6) is 2.82. The van der Waals surface area contributed by atoms with Gasteiger partial charge in [0, 0.05) is 0 Å². The van der Waals surface area contributed by atoms with Gasteiger partial charge in [-0.3, -0.25) is 0 Å². The van der Waals surface area contributed by atoms with Gasteiger partial charge in [0.15, 0.2) is 0 Å². The first kappa shape index (κ1) is 25.8. The number of rotatable bonds is 5. The van der Waals surface area contributed by atoms with Crippen LogP contribution in [0.1, 0.15) is 118 Å². The summed E-state index contributed by atoms with van der Waals surface area (Å²) >= 11 is 0. The van der Waals surface area contributed by atoms with Crippen LogP contribution in [-0.4, -0.2) is 16.9 Å². The summed E-state index contributed by atoms with van der Waals surface area (Å²) in [5.41, 5.74) is 0.205. The molecule has 0 aliphatic heterocycles. The molecule has 4 aliphatic rings. The quantitative estimate of drug-likeness (QED) is 0.426. The van der Waals surface area contributed by atoms with Crippen LogP contribution in [0.5, 0.6) is 0 Å². The summed E-state index contributed by atoms with van der Waals surface area (Å²) in [4.78, 5) is 0. The Morgan fingerprint density at radius 1 is 0.818 bits per heavy atom. The highest BCUT2D eigenvalue weighted by molar-refractivity contribution is 5.09. The topological polar surface area (TPSA) is 20.2 Å². The van der Waals surface area contributed by atoms with Crippen LogP contribution in [-0.2, 0) is 0 Å². The highest BCUT2D eigenvalue weighted by atomic mass is 19.4. The Morgan fingerprint density at radius 2 is 1.52 bits per heavy atom. The third-order valence-electron chi connectivity index (χ3n) is 12.2. The lowest BCUT2D eigenvalue weighted by atomic mass is 9.46. The second kappa shape index (κ2) is 9.00. The van der Waals surface area contributed by atoms with Crippen molar-refractivity contribution in [1.29, 1.82) is 0 Å². The van der Waals surface area contributed by atoms with Crippen molar-refractivity contribution in [3.8, 4) is 0 Å². The summed E-state index contributed by atoms with van der Waals surface area (Å²) in [6.45, 7) is 10.8. The Hall–Kier alpha value is -0.250. The van der Waals surface area contributed by atoms with E-state index in [1.54, 1.807) is 0 Å². The molecule has 192 valence electrons. The Kier molecular flexibility index (Phi) is 7.05. The molecule has 4 heteroatoms. The van der Waals surface area contributed by atoms with Crippen LogP contribution in [0.25, 0.3) is 0 Å². The number of alkyl halides is 3. The van der Waals surface area contributed by atoms with Crippen LogP contribution < -0.4 is 0 Å². The number of aliphatic hydroxyl groups is 1. The monoisotopic (exact) mass is 470 g/mol. The van der Waals surface area contributed by atoms with E-state index < -0.39 is 17.7 Å². The summed E-state index contributed by atoms with van der Waals surface area (Å²) < 4.78 is 39.2. The van der Waals surface area contributed by atoms with Gasteiger partial charge in [0.25, 0.3) is 0 Å².